The minimum atomic E-state index is -1.02. The Morgan fingerprint density at radius 1 is 1.07 bits per heavy atom. The SMILES string of the molecule is O=C(COc1ccccc1F)NNC(=O)C[C@H]1Oc2ccccc2NC1=O. The number of hydrogen-bond donors (Lipinski definition) is 3. The van der Waals surface area contributed by atoms with E-state index in [-0.39, 0.29) is 12.2 Å². The molecule has 140 valence electrons. The minimum absolute atomic E-state index is 0.0788. The van der Waals surface area contributed by atoms with Crippen LogP contribution in [-0.2, 0) is 14.4 Å². The van der Waals surface area contributed by atoms with E-state index in [4.69, 9.17) is 9.47 Å². The van der Waals surface area contributed by atoms with Crippen LogP contribution in [0.25, 0.3) is 0 Å². The molecule has 1 aliphatic rings. The molecule has 0 saturated carbocycles. The first-order valence-electron chi connectivity index (χ1n) is 8.04. The van der Waals surface area contributed by atoms with Crippen LogP contribution in [-0.4, -0.2) is 30.4 Å². The molecule has 0 fully saturated rings. The number of para-hydroxylation sites is 3. The van der Waals surface area contributed by atoms with E-state index in [9.17, 15) is 18.8 Å². The second-order valence-electron chi connectivity index (χ2n) is 5.61. The van der Waals surface area contributed by atoms with Gasteiger partial charge in [-0.2, -0.15) is 0 Å². The van der Waals surface area contributed by atoms with Crippen LogP contribution in [0.1, 0.15) is 6.42 Å². The standard InChI is InChI=1S/C18H16FN3O5/c19-11-5-1-3-7-13(11)26-10-17(24)22-21-16(23)9-15-18(25)20-12-6-2-4-8-14(12)27-15/h1-8,15H,9-10H2,(H,20,25)(H,21,23)(H,22,24)/t15-/m1/s1. The third-order valence-electron chi connectivity index (χ3n) is 3.61. The highest BCUT2D eigenvalue weighted by atomic mass is 19.1. The molecule has 0 saturated heterocycles. The number of fused-ring (bicyclic) bond motifs is 1. The molecule has 1 atom stereocenters. The van der Waals surface area contributed by atoms with E-state index in [0.717, 1.165) is 0 Å². The zero-order valence-electron chi connectivity index (χ0n) is 14.0. The van der Waals surface area contributed by atoms with Crippen molar-refractivity contribution in [3.05, 3.63) is 54.3 Å². The number of anilines is 1. The van der Waals surface area contributed by atoms with Gasteiger partial charge < -0.3 is 14.8 Å². The normalized spacial score (nSPS) is 15.0. The Hall–Kier alpha value is -3.62. The zero-order chi connectivity index (χ0) is 19.2. The lowest BCUT2D eigenvalue weighted by atomic mass is 10.1. The monoisotopic (exact) mass is 373 g/mol. The van der Waals surface area contributed by atoms with Gasteiger partial charge in [-0.15, -0.1) is 0 Å². The predicted octanol–water partition coefficient (Wildman–Crippen LogP) is 1.14. The average molecular weight is 373 g/mol. The molecule has 0 aromatic heterocycles. The van der Waals surface area contributed by atoms with Gasteiger partial charge >= 0.3 is 0 Å². The van der Waals surface area contributed by atoms with E-state index < -0.39 is 36.2 Å². The number of hydrazine groups is 1. The number of rotatable bonds is 5. The lowest BCUT2D eigenvalue weighted by Gasteiger charge is -2.25. The van der Waals surface area contributed by atoms with Crippen molar-refractivity contribution in [2.24, 2.45) is 0 Å². The van der Waals surface area contributed by atoms with Gasteiger partial charge in [0.2, 0.25) is 5.91 Å². The van der Waals surface area contributed by atoms with Crippen LogP contribution in [0.5, 0.6) is 11.5 Å². The van der Waals surface area contributed by atoms with Crippen molar-refractivity contribution in [2.75, 3.05) is 11.9 Å². The third-order valence-corrected chi connectivity index (χ3v) is 3.61. The number of halogens is 1. The van der Waals surface area contributed by atoms with Gasteiger partial charge in [0.15, 0.2) is 24.3 Å². The van der Waals surface area contributed by atoms with Crippen molar-refractivity contribution in [1.29, 1.82) is 0 Å². The van der Waals surface area contributed by atoms with E-state index in [0.29, 0.717) is 11.4 Å². The molecular weight excluding hydrogens is 357 g/mol. The number of hydrogen-bond acceptors (Lipinski definition) is 5. The highest BCUT2D eigenvalue weighted by Crippen LogP contribution is 2.29. The first-order chi connectivity index (χ1) is 13.0. The quantitative estimate of drug-likeness (QED) is 0.682. The van der Waals surface area contributed by atoms with Crippen LogP contribution in [0, 0.1) is 5.82 Å². The summed E-state index contributed by atoms with van der Waals surface area (Å²) in [4.78, 5) is 35.5. The average Bonchev–Trinajstić information content (AvgIpc) is 2.66. The van der Waals surface area contributed by atoms with Crippen molar-refractivity contribution in [2.45, 2.75) is 12.5 Å². The van der Waals surface area contributed by atoms with Gasteiger partial charge in [0, 0.05) is 0 Å². The smallest absolute Gasteiger partial charge is 0.276 e. The Morgan fingerprint density at radius 3 is 2.59 bits per heavy atom. The van der Waals surface area contributed by atoms with E-state index in [1.165, 1.54) is 18.2 Å². The maximum atomic E-state index is 13.4. The molecule has 2 aromatic carbocycles. The molecule has 27 heavy (non-hydrogen) atoms. The van der Waals surface area contributed by atoms with Crippen LogP contribution in [0.3, 0.4) is 0 Å². The molecule has 0 spiro atoms. The van der Waals surface area contributed by atoms with Gasteiger partial charge in [-0.3, -0.25) is 25.2 Å². The lowest BCUT2D eigenvalue weighted by Crippen LogP contribution is -2.47. The fourth-order valence-electron chi connectivity index (χ4n) is 2.33. The molecule has 3 N–H and O–H groups in total. The Morgan fingerprint density at radius 2 is 1.78 bits per heavy atom. The van der Waals surface area contributed by atoms with Crippen molar-refractivity contribution in [1.82, 2.24) is 10.9 Å². The topological polar surface area (TPSA) is 106 Å². The number of nitrogens with one attached hydrogen (secondary N) is 3. The molecule has 3 rings (SSSR count). The molecular formula is C18H16FN3O5. The van der Waals surface area contributed by atoms with Crippen LogP contribution in [0.15, 0.2) is 48.5 Å². The van der Waals surface area contributed by atoms with E-state index in [2.05, 4.69) is 16.2 Å². The second-order valence-corrected chi connectivity index (χ2v) is 5.61. The van der Waals surface area contributed by atoms with E-state index in [1.807, 2.05) is 0 Å². The van der Waals surface area contributed by atoms with Gasteiger partial charge in [-0.05, 0) is 24.3 Å². The molecule has 9 heteroatoms. The number of benzene rings is 2. The molecule has 8 nitrogen and oxygen atoms in total. The molecule has 1 heterocycles. The first kappa shape index (κ1) is 18.2. The molecule has 2 aromatic rings. The lowest BCUT2D eigenvalue weighted by molar-refractivity contribution is -0.133. The number of carbonyl (C=O) groups is 3. The number of amides is 3. The Kier molecular flexibility index (Phi) is 5.50. The van der Waals surface area contributed by atoms with Crippen LogP contribution < -0.4 is 25.6 Å². The fraction of sp³-hybridized carbons (Fsp3) is 0.167. The predicted molar refractivity (Wildman–Crippen MR) is 92.3 cm³/mol. The van der Waals surface area contributed by atoms with Gasteiger partial charge in [-0.25, -0.2) is 4.39 Å². The van der Waals surface area contributed by atoms with Gasteiger partial charge in [0.25, 0.3) is 11.8 Å². The van der Waals surface area contributed by atoms with Crippen LogP contribution in [0.2, 0.25) is 0 Å². The van der Waals surface area contributed by atoms with Gasteiger partial charge in [0.1, 0.15) is 5.75 Å². The van der Waals surface area contributed by atoms with E-state index >= 15 is 0 Å². The summed E-state index contributed by atoms with van der Waals surface area (Å²) in [6.45, 7) is -0.491. The Balaban J connectivity index is 1.44. The first-order valence-corrected chi connectivity index (χ1v) is 8.04. The molecule has 0 aliphatic carbocycles. The molecule has 3 amide bonds. The highest BCUT2D eigenvalue weighted by molar-refractivity contribution is 6.00. The molecule has 0 bridgehead atoms. The molecule has 1 aliphatic heterocycles. The van der Waals surface area contributed by atoms with Gasteiger partial charge in [0.05, 0.1) is 12.1 Å². The second kappa shape index (κ2) is 8.17. The van der Waals surface area contributed by atoms with Crippen molar-refractivity contribution in [3.8, 4) is 11.5 Å². The van der Waals surface area contributed by atoms with Crippen molar-refractivity contribution < 1.29 is 28.2 Å². The van der Waals surface area contributed by atoms with Crippen LogP contribution in [0.4, 0.5) is 10.1 Å². The third kappa shape index (κ3) is 4.72. The largest absolute Gasteiger partial charge is 0.481 e. The Labute approximate surface area is 153 Å². The van der Waals surface area contributed by atoms with Crippen molar-refractivity contribution in [3.63, 3.8) is 0 Å². The Bertz CT molecular complexity index is 874. The summed E-state index contributed by atoms with van der Waals surface area (Å²) >= 11 is 0. The summed E-state index contributed by atoms with van der Waals surface area (Å²) in [6.07, 6.45) is -1.32. The van der Waals surface area contributed by atoms with Gasteiger partial charge in [-0.1, -0.05) is 24.3 Å². The fourth-order valence-corrected chi connectivity index (χ4v) is 2.33. The van der Waals surface area contributed by atoms with E-state index in [1.54, 1.807) is 30.3 Å². The summed E-state index contributed by atoms with van der Waals surface area (Å²) in [5.74, 6) is -2.00. The summed E-state index contributed by atoms with van der Waals surface area (Å²) in [7, 11) is 0. The minimum Gasteiger partial charge on any atom is -0.481 e. The number of carbonyl (C=O) groups excluding carboxylic acids is 3. The maximum Gasteiger partial charge on any atom is 0.276 e. The zero-order valence-corrected chi connectivity index (χ0v) is 14.0. The summed E-state index contributed by atoms with van der Waals surface area (Å²) in [6, 6.07) is 12.5. The maximum absolute atomic E-state index is 13.4. The summed E-state index contributed by atoms with van der Waals surface area (Å²) < 4.78 is 23.9. The van der Waals surface area contributed by atoms with Crippen LogP contribution >= 0.6 is 0 Å². The summed E-state index contributed by atoms with van der Waals surface area (Å²) in [5, 5.41) is 2.64. The number of ether oxygens (including phenoxy) is 2. The molecule has 0 unspecified atom stereocenters. The summed E-state index contributed by atoms with van der Waals surface area (Å²) in [5.41, 5.74) is 4.80. The highest BCUT2D eigenvalue weighted by Gasteiger charge is 2.29. The molecule has 0 radical (unpaired) electrons. The van der Waals surface area contributed by atoms with Crippen molar-refractivity contribution >= 4 is 23.4 Å².